The Morgan fingerprint density at radius 3 is 2.64 bits per heavy atom. The Morgan fingerprint density at radius 1 is 1.36 bits per heavy atom. The van der Waals surface area contributed by atoms with Crippen molar-refractivity contribution in [1.29, 1.82) is 0 Å². The smallest absolute Gasteiger partial charge is 0.305 e. The molecule has 1 saturated heterocycles. The largest absolute Gasteiger partial charge is 0.381 e. The maximum absolute atomic E-state index is 12.4. The molecular formula is C6H9FO3S. The molecule has 1 aliphatic carbocycles. The van der Waals surface area contributed by atoms with Gasteiger partial charge in [0.1, 0.15) is 0 Å². The summed E-state index contributed by atoms with van der Waals surface area (Å²) in [6.07, 6.45) is 0.448. The van der Waals surface area contributed by atoms with Gasteiger partial charge in [-0.2, -0.15) is 8.42 Å². The lowest BCUT2D eigenvalue weighted by Gasteiger charge is -2.35. The SMILES string of the molecule is O=S(=O)(F)C1C[C@@H]2COC[C@H]12. The third kappa shape index (κ3) is 1.06. The van der Waals surface area contributed by atoms with E-state index in [0.717, 1.165) is 0 Å². The quantitative estimate of drug-likeness (QED) is 0.546. The van der Waals surface area contributed by atoms with E-state index in [2.05, 4.69) is 0 Å². The summed E-state index contributed by atoms with van der Waals surface area (Å²) in [5, 5.41) is -0.769. The van der Waals surface area contributed by atoms with E-state index in [1.807, 2.05) is 0 Å². The fraction of sp³-hybridized carbons (Fsp3) is 1.00. The first-order valence-corrected chi connectivity index (χ1v) is 5.05. The summed E-state index contributed by atoms with van der Waals surface area (Å²) < 4.78 is 38.3. The van der Waals surface area contributed by atoms with Crippen molar-refractivity contribution in [3.63, 3.8) is 0 Å². The van der Waals surface area contributed by atoms with E-state index in [-0.39, 0.29) is 5.92 Å². The van der Waals surface area contributed by atoms with Crippen LogP contribution in [0.5, 0.6) is 0 Å². The van der Waals surface area contributed by atoms with Crippen LogP contribution in [0.4, 0.5) is 3.89 Å². The molecule has 0 N–H and O–H groups in total. The first-order valence-electron chi connectivity index (χ1n) is 3.60. The van der Waals surface area contributed by atoms with Crippen LogP contribution in [-0.2, 0) is 15.0 Å². The standard InChI is InChI=1S/C6H9FO3S/c7-11(8,9)6-1-4-2-10-3-5(4)6/h4-6H,1-3H2/t4-,5+,6?/m1/s1. The van der Waals surface area contributed by atoms with Crippen LogP contribution in [0.3, 0.4) is 0 Å². The van der Waals surface area contributed by atoms with Crippen molar-refractivity contribution < 1.29 is 17.0 Å². The van der Waals surface area contributed by atoms with E-state index in [9.17, 15) is 12.3 Å². The lowest BCUT2D eigenvalue weighted by Crippen LogP contribution is -2.44. The van der Waals surface area contributed by atoms with E-state index >= 15 is 0 Å². The third-order valence-electron chi connectivity index (χ3n) is 2.62. The summed E-state index contributed by atoms with van der Waals surface area (Å²) in [6, 6.07) is 0. The Kier molecular flexibility index (Phi) is 1.47. The molecule has 5 heteroatoms. The topological polar surface area (TPSA) is 43.4 Å². The number of fused-ring (bicyclic) bond motifs is 1. The van der Waals surface area contributed by atoms with Crippen LogP contribution in [0.2, 0.25) is 0 Å². The zero-order valence-corrected chi connectivity index (χ0v) is 6.68. The van der Waals surface area contributed by atoms with E-state index in [1.165, 1.54) is 0 Å². The van der Waals surface area contributed by atoms with Gasteiger partial charge < -0.3 is 4.74 Å². The van der Waals surface area contributed by atoms with Crippen molar-refractivity contribution in [3.8, 4) is 0 Å². The van der Waals surface area contributed by atoms with Crippen molar-refractivity contribution >= 4 is 10.2 Å². The Bertz CT molecular complexity index is 261. The fourth-order valence-corrected chi connectivity index (χ4v) is 3.07. The predicted octanol–water partition coefficient (Wildman–Crippen LogP) is 0.321. The van der Waals surface area contributed by atoms with Crippen LogP contribution >= 0.6 is 0 Å². The van der Waals surface area contributed by atoms with Gasteiger partial charge in [-0.3, -0.25) is 0 Å². The highest BCUT2D eigenvalue weighted by Crippen LogP contribution is 2.43. The maximum Gasteiger partial charge on any atom is 0.305 e. The molecule has 0 aromatic heterocycles. The summed E-state index contributed by atoms with van der Waals surface area (Å²) in [5.41, 5.74) is 0. The van der Waals surface area contributed by atoms with Crippen LogP contribution < -0.4 is 0 Å². The molecule has 0 spiro atoms. The molecule has 0 aromatic carbocycles. The summed E-state index contributed by atoms with van der Waals surface area (Å²) in [5.74, 6) is 0.232. The van der Waals surface area contributed by atoms with Crippen LogP contribution in [0.1, 0.15) is 6.42 Å². The van der Waals surface area contributed by atoms with E-state index in [1.54, 1.807) is 0 Å². The number of hydrogen-bond donors (Lipinski definition) is 0. The third-order valence-corrected chi connectivity index (χ3v) is 3.89. The van der Waals surface area contributed by atoms with Gasteiger partial charge in [-0.25, -0.2) is 0 Å². The molecular weight excluding hydrogens is 171 g/mol. The van der Waals surface area contributed by atoms with Crippen molar-refractivity contribution in [2.45, 2.75) is 11.7 Å². The summed E-state index contributed by atoms with van der Waals surface area (Å²) in [4.78, 5) is 0. The zero-order valence-electron chi connectivity index (χ0n) is 5.86. The van der Waals surface area contributed by atoms with Gasteiger partial charge >= 0.3 is 10.2 Å². The van der Waals surface area contributed by atoms with Crippen LogP contribution in [0.15, 0.2) is 0 Å². The Morgan fingerprint density at radius 2 is 2.09 bits per heavy atom. The molecule has 1 saturated carbocycles. The highest BCUT2D eigenvalue weighted by molar-refractivity contribution is 7.87. The van der Waals surface area contributed by atoms with Crippen molar-refractivity contribution in [2.75, 3.05) is 13.2 Å². The highest BCUT2D eigenvalue weighted by atomic mass is 32.3. The van der Waals surface area contributed by atoms with E-state index < -0.39 is 15.5 Å². The second-order valence-corrected chi connectivity index (χ2v) is 4.77. The number of hydrogen-bond acceptors (Lipinski definition) is 3. The predicted molar refractivity (Wildman–Crippen MR) is 36.2 cm³/mol. The van der Waals surface area contributed by atoms with Gasteiger partial charge in [0.15, 0.2) is 0 Å². The first kappa shape index (κ1) is 7.49. The lowest BCUT2D eigenvalue weighted by atomic mass is 9.76. The van der Waals surface area contributed by atoms with Crippen molar-refractivity contribution in [2.24, 2.45) is 11.8 Å². The second-order valence-electron chi connectivity index (χ2n) is 3.21. The van der Waals surface area contributed by atoms with Crippen molar-refractivity contribution in [1.82, 2.24) is 0 Å². The summed E-state index contributed by atoms with van der Waals surface area (Å²) >= 11 is 0. The average Bonchev–Trinajstić information content (AvgIpc) is 2.08. The number of halogens is 1. The van der Waals surface area contributed by atoms with Gasteiger partial charge in [0.25, 0.3) is 0 Å². The Labute approximate surface area is 64.8 Å². The molecule has 1 heterocycles. The molecule has 0 radical (unpaired) electrons. The van der Waals surface area contributed by atoms with Gasteiger partial charge in [-0.05, 0) is 12.3 Å². The van der Waals surface area contributed by atoms with Gasteiger partial charge in [-0.15, -0.1) is 3.89 Å². The molecule has 2 aliphatic rings. The minimum atomic E-state index is -4.30. The fourth-order valence-electron chi connectivity index (χ4n) is 1.87. The Balaban J connectivity index is 2.12. The molecule has 0 amide bonds. The number of ether oxygens (including phenoxy) is 1. The minimum absolute atomic E-state index is 0.0648. The zero-order chi connectivity index (χ0) is 8.06. The molecule has 1 unspecified atom stereocenters. The normalized spacial score (nSPS) is 43.2. The highest BCUT2D eigenvalue weighted by Gasteiger charge is 2.51. The molecule has 2 fully saturated rings. The summed E-state index contributed by atoms with van der Waals surface area (Å²) in [7, 11) is -4.30. The Hall–Kier alpha value is -0.160. The molecule has 3 nitrogen and oxygen atoms in total. The lowest BCUT2D eigenvalue weighted by molar-refractivity contribution is 0.187. The second kappa shape index (κ2) is 2.17. The molecule has 1 aliphatic heterocycles. The first-order chi connectivity index (χ1) is 5.09. The van der Waals surface area contributed by atoms with Crippen molar-refractivity contribution in [3.05, 3.63) is 0 Å². The van der Waals surface area contributed by atoms with E-state index in [0.29, 0.717) is 25.6 Å². The molecule has 3 atom stereocenters. The maximum atomic E-state index is 12.4. The molecule has 11 heavy (non-hydrogen) atoms. The van der Waals surface area contributed by atoms with Crippen LogP contribution in [-0.4, -0.2) is 26.9 Å². The van der Waals surface area contributed by atoms with Crippen LogP contribution in [0.25, 0.3) is 0 Å². The van der Waals surface area contributed by atoms with Gasteiger partial charge in [0, 0.05) is 12.5 Å². The number of rotatable bonds is 1. The van der Waals surface area contributed by atoms with Crippen LogP contribution in [0, 0.1) is 11.8 Å². The molecule has 2 rings (SSSR count). The molecule has 0 bridgehead atoms. The molecule has 0 aromatic rings. The molecule has 64 valence electrons. The minimum Gasteiger partial charge on any atom is -0.381 e. The van der Waals surface area contributed by atoms with Gasteiger partial charge in [0.2, 0.25) is 0 Å². The van der Waals surface area contributed by atoms with E-state index in [4.69, 9.17) is 4.74 Å². The van der Waals surface area contributed by atoms with Gasteiger partial charge in [-0.1, -0.05) is 0 Å². The monoisotopic (exact) mass is 180 g/mol. The average molecular weight is 180 g/mol. The van der Waals surface area contributed by atoms with Gasteiger partial charge in [0.05, 0.1) is 11.9 Å². The summed E-state index contributed by atoms with van der Waals surface area (Å²) in [6.45, 7) is 1.02.